The molecule has 1 aromatic carbocycles. The number of halogens is 1. The normalized spacial score (nSPS) is 10.2. The second-order valence-electron chi connectivity index (χ2n) is 3.73. The molecular weight excluding hydrogens is 282 g/mol. The second-order valence-corrected chi connectivity index (χ2v) is 4.51. The van der Waals surface area contributed by atoms with Gasteiger partial charge in [-0.2, -0.15) is 0 Å². The molecule has 2 aromatic rings. The molecule has 0 radical (unpaired) electrons. The first-order valence-corrected chi connectivity index (χ1v) is 6.04. The fourth-order valence-electron chi connectivity index (χ4n) is 1.53. The van der Waals surface area contributed by atoms with Crippen molar-refractivity contribution in [3.63, 3.8) is 0 Å². The van der Waals surface area contributed by atoms with Crippen LogP contribution in [-0.4, -0.2) is 5.91 Å². The number of amides is 1. The van der Waals surface area contributed by atoms with E-state index in [1.807, 2.05) is 37.3 Å². The smallest absolute Gasteiger partial charge is 0.287 e. The number of aryl methyl sites for hydroxylation is 1. The van der Waals surface area contributed by atoms with Crippen molar-refractivity contribution in [1.82, 2.24) is 5.32 Å². The molecule has 0 fully saturated rings. The minimum Gasteiger partial charge on any atom is -0.444 e. The van der Waals surface area contributed by atoms with E-state index in [4.69, 9.17) is 4.42 Å². The SMILES string of the molecule is Cc1cc(Br)oc1C(=O)NCc1ccccc1. The van der Waals surface area contributed by atoms with Crippen LogP contribution in [0.3, 0.4) is 0 Å². The third-order valence-electron chi connectivity index (χ3n) is 2.39. The van der Waals surface area contributed by atoms with Crippen LogP contribution in [0.4, 0.5) is 0 Å². The summed E-state index contributed by atoms with van der Waals surface area (Å²) < 4.78 is 5.84. The number of benzene rings is 1. The van der Waals surface area contributed by atoms with Gasteiger partial charge in [-0.25, -0.2) is 0 Å². The predicted molar refractivity (Wildman–Crippen MR) is 68.8 cm³/mol. The van der Waals surface area contributed by atoms with Gasteiger partial charge in [0.2, 0.25) is 0 Å². The molecule has 2 rings (SSSR count). The fraction of sp³-hybridized carbons (Fsp3) is 0.154. The largest absolute Gasteiger partial charge is 0.444 e. The average molecular weight is 294 g/mol. The highest BCUT2D eigenvalue weighted by molar-refractivity contribution is 9.10. The number of nitrogens with one attached hydrogen (secondary N) is 1. The summed E-state index contributed by atoms with van der Waals surface area (Å²) in [6, 6.07) is 11.5. The molecule has 0 saturated heterocycles. The van der Waals surface area contributed by atoms with Crippen LogP contribution in [0.15, 0.2) is 45.5 Å². The lowest BCUT2D eigenvalue weighted by molar-refractivity contribution is 0.0921. The third kappa shape index (κ3) is 2.97. The van der Waals surface area contributed by atoms with Gasteiger partial charge < -0.3 is 9.73 Å². The van der Waals surface area contributed by atoms with Gasteiger partial charge in [-0.1, -0.05) is 30.3 Å². The minimum atomic E-state index is -0.197. The van der Waals surface area contributed by atoms with Crippen LogP contribution in [0.1, 0.15) is 21.7 Å². The maximum atomic E-state index is 11.8. The van der Waals surface area contributed by atoms with Crippen LogP contribution in [0, 0.1) is 6.92 Å². The maximum absolute atomic E-state index is 11.8. The van der Waals surface area contributed by atoms with Crippen molar-refractivity contribution in [1.29, 1.82) is 0 Å². The molecule has 1 aromatic heterocycles. The van der Waals surface area contributed by atoms with Crippen LogP contribution in [-0.2, 0) is 6.54 Å². The molecule has 0 atom stereocenters. The van der Waals surface area contributed by atoms with Crippen LogP contribution in [0.5, 0.6) is 0 Å². The molecule has 3 nitrogen and oxygen atoms in total. The van der Waals surface area contributed by atoms with E-state index < -0.39 is 0 Å². The summed E-state index contributed by atoms with van der Waals surface area (Å²) in [7, 11) is 0. The molecule has 17 heavy (non-hydrogen) atoms. The summed E-state index contributed by atoms with van der Waals surface area (Å²) in [5, 5.41) is 2.82. The summed E-state index contributed by atoms with van der Waals surface area (Å²) in [5.41, 5.74) is 1.88. The Balaban J connectivity index is 2.01. The van der Waals surface area contributed by atoms with E-state index in [1.54, 1.807) is 6.07 Å². The molecule has 0 bridgehead atoms. The van der Waals surface area contributed by atoms with Gasteiger partial charge in [0.1, 0.15) is 0 Å². The van der Waals surface area contributed by atoms with E-state index in [2.05, 4.69) is 21.2 Å². The first-order chi connectivity index (χ1) is 8.16. The van der Waals surface area contributed by atoms with E-state index in [9.17, 15) is 4.79 Å². The first-order valence-electron chi connectivity index (χ1n) is 5.25. The van der Waals surface area contributed by atoms with Crippen LogP contribution >= 0.6 is 15.9 Å². The Bertz CT molecular complexity index is 519. The number of hydrogen-bond donors (Lipinski definition) is 1. The maximum Gasteiger partial charge on any atom is 0.287 e. The van der Waals surface area contributed by atoms with Gasteiger partial charge in [0.15, 0.2) is 10.4 Å². The Labute approximate surface area is 108 Å². The lowest BCUT2D eigenvalue weighted by atomic mass is 10.2. The Hall–Kier alpha value is -1.55. The number of rotatable bonds is 3. The summed E-state index contributed by atoms with van der Waals surface area (Å²) in [4.78, 5) is 11.8. The van der Waals surface area contributed by atoms with Crippen molar-refractivity contribution in [3.8, 4) is 0 Å². The number of carbonyl (C=O) groups is 1. The van der Waals surface area contributed by atoms with Gasteiger partial charge in [0.25, 0.3) is 5.91 Å². The zero-order valence-electron chi connectivity index (χ0n) is 9.37. The van der Waals surface area contributed by atoms with E-state index in [1.165, 1.54) is 0 Å². The lowest BCUT2D eigenvalue weighted by Gasteiger charge is -2.03. The van der Waals surface area contributed by atoms with Gasteiger partial charge in [-0.15, -0.1) is 0 Å². The molecule has 4 heteroatoms. The summed E-state index contributed by atoms with van der Waals surface area (Å²) in [6.45, 7) is 2.34. The van der Waals surface area contributed by atoms with Gasteiger partial charge in [-0.3, -0.25) is 4.79 Å². The summed E-state index contributed by atoms with van der Waals surface area (Å²) in [6.07, 6.45) is 0. The molecule has 0 aliphatic carbocycles. The Kier molecular flexibility index (Phi) is 3.64. The molecule has 1 N–H and O–H groups in total. The van der Waals surface area contributed by atoms with Crippen molar-refractivity contribution in [3.05, 3.63) is 58.0 Å². The zero-order chi connectivity index (χ0) is 12.3. The lowest BCUT2D eigenvalue weighted by Crippen LogP contribution is -2.22. The first kappa shape index (κ1) is 11.9. The molecule has 1 amide bonds. The number of hydrogen-bond acceptors (Lipinski definition) is 2. The average Bonchev–Trinajstić information content (AvgIpc) is 2.67. The Morgan fingerprint density at radius 2 is 2.06 bits per heavy atom. The van der Waals surface area contributed by atoms with E-state index in [0.29, 0.717) is 17.0 Å². The van der Waals surface area contributed by atoms with Crippen LogP contribution in [0.2, 0.25) is 0 Å². The van der Waals surface area contributed by atoms with Gasteiger partial charge in [0.05, 0.1) is 0 Å². The van der Waals surface area contributed by atoms with Crippen molar-refractivity contribution in [2.24, 2.45) is 0 Å². The molecule has 0 spiro atoms. The van der Waals surface area contributed by atoms with Crippen LogP contribution in [0.25, 0.3) is 0 Å². The quantitative estimate of drug-likeness (QED) is 0.944. The highest BCUT2D eigenvalue weighted by Crippen LogP contribution is 2.19. The van der Waals surface area contributed by atoms with E-state index >= 15 is 0 Å². The van der Waals surface area contributed by atoms with Crippen LogP contribution < -0.4 is 5.32 Å². The zero-order valence-corrected chi connectivity index (χ0v) is 11.0. The third-order valence-corrected chi connectivity index (χ3v) is 2.78. The van der Waals surface area contributed by atoms with Gasteiger partial charge in [0, 0.05) is 12.1 Å². The second kappa shape index (κ2) is 5.19. The molecule has 1 heterocycles. The fourth-order valence-corrected chi connectivity index (χ4v) is 2.03. The van der Waals surface area contributed by atoms with E-state index in [-0.39, 0.29) is 5.91 Å². The molecule has 0 aliphatic heterocycles. The topological polar surface area (TPSA) is 42.2 Å². The molecule has 0 aliphatic rings. The number of carbonyl (C=O) groups excluding carboxylic acids is 1. The monoisotopic (exact) mass is 293 g/mol. The van der Waals surface area contributed by atoms with Crippen molar-refractivity contribution in [2.75, 3.05) is 0 Å². The van der Waals surface area contributed by atoms with Crippen molar-refractivity contribution < 1.29 is 9.21 Å². The standard InChI is InChI=1S/C13H12BrNO2/c1-9-7-11(14)17-12(9)13(16)15-8-10-5-3-2-4-6-10/h2-7H,8H2,1H3,(H,15,16). The summed E-state index contributed by atoms with van der Waals surface area (Å²) >= 11 is 3.20. The van der Waals surface area contributed by atoms with Crippen molar-refractivity contribution >= 4 is 21.8 Å². The Morgan fingerprint density at radius 3 is 2.65 bits per heavy atom. The van der Waals surface area contributed by atoms with E-state index in [0.717, 1.165) is 11.1 Å². The molecule has 0 saturated carbocycles. The number of furan rings is 1. The van der Waals surface area contributed by atoms with Crippen molar-refractivity contribution in [2.45, 2.75) is 13.5 Å². The predicted octanol–water partition coefficient (Wildman–Crippen LogP) is 3.28. The molecule has 0 unspecified atom stereocenters. The van der Waals surface area contributed by atoms with Gasteiger partial charge >= 0.3 is 0 Å². The molecular formula is C13H12BrNO2. The highest BCUT2D eigenvalue weighted by Gasteiger charge is 2.14. The summed E-state index contributed by atoms with van der Waals surface area (Å²) in [5.74, 6) is 0.157. The highest BCUT2D eigenvalue weighted by atomic mass is 79.9. The minimum absolute atomic E-state index is 0.197. The molecule has 88 valence electrons. The Morgan fingerprint density at radius 1 is 1.35 bits per heavy atom. The van der Waals surface area contributed by atoms with Gasteiger partial charge in [-0.05, 0) is 34.5 Å².